The van der Waals surface area contributed by atoms with E-state index < -0.39 is 36.4 Å². The monoisotopic (exact) mass is 739 g/mol. The minimum absolute atomic E-state index is 0.148. The van der Waals surface area contributed by atoms with Gasteiger partial charge in [-0.05, 0) is 37.0 Å². The second-order valence-corrected chi connectivity index (χ2v) is 17.0. The van der Waals surface area contributed by atoms with E-state index in [4.69, 9.17) is 14.2 Å². The van der Waals surface area contributed by atoms with E-state index in [-0.39, 0.29) is 19.8 Å². The minimum Gasteiger partial charge on any atom is -0.466 e. The van der Waals surface area contributed by atoms with E-state index in [0.717, 1.165) is 75.5 Å². The van der Waals surface area contributed by atoms with Crippen LogP contribution in [-0.4, -0.2) is 48.4 Å². The summed E-state index contributed by atoms with van der Waals surface area (Å²) in [6.07, 6.45) is 29.8. The van der Waals surface area contributed by atoms with Crippen LogP contribution >= 0.6 is 0 Å². The third-order valence-electron chi connectivity index (χ3n) is 10.0. The first-order valence-corrected chi connectivity index (χ1v) is 22.2. The average molecular weight is 739 g/mol. The number of hydrogen-bond donors (Lipinski definition) is 1. The quantitative estimate of drug-likeness (QED) is 0.0382. The number of ether oxygens (including phenoxy) is 3. The molecule has 0 saturated carbocycles. The van der Waals surface area contributed by atoms with Crippen LogP contribution in [0.15, 0.2) is 0 Å². The summed E-state index contributed by atoms with van der Waals surface area (Å²) in [5.41, 5.74) is -2.30. The van der Waals surface area contributed by atoms with E-state index in [1.807, 2.05) is 0 Å². The first kappa shape index (κ1) is 50.4. The molecule has 0 rings (SSSR count). The molecule has 0 aromatic rings. The van der Waals surface area contributed by atoms with Crippen LogP contribution in [0.5, 0.6) is 0 Å². The normalized spacial score (nSPS) is 11.9. The summed E-state index contributed by atoms with van der Waals surface area (Å²) in [4.78, 5) is 38.6. The molecule has 0 unspecified atom stereocenters. The molecule has 0 aliphatic rings. The molecule has 0 bridgehead atoms. The van der Waals surface area contributed by atoms with Crippen LogP contribution in [0.25, 0.3) is 0 Å². The lowest BCUT2D eigenvalue weighted by molar-refractivity contribution is -0.178. The second-order valence-electron chi connectivity index (χ2n) is 17.0. The lowest BCUT2D eigenvalue weighted by atomic mass is 9.95. The number of esters is 3. The fraction of sp³-hybridized carbons (Fsp3) is 0.933. The zero-order valence-electron chi connectivity index (χ0n) is 35.3. The summed E-state index contributed by atoms with van der Waals surface area (Å²) < 4.78 is 16.2. The molecular formula is C45H86O7. The molecule has 0 spiro atoms. The number of unbranched alkanes of at least 4 members (excludes halogenated alkanes) is 21. The van der Waals surface area contributed by atoms with E-state index in [9.17, 15) is 19.5 Å². The van der Waals surface area contributed by atoms with Crippen molar-refractivity contribution in [1.82, 2.24) is 0 Å². The minimum atomic E-state index is -2.30. The highest BCUT2D eigenvalue weighted by Crippen LogP contribution is 2.22. The molecule has 1 N–H and O–H groups in total. The summed E-state index contributed by atoms with van der Waals surface area (Å²) in [7, 11) is 0. The van der Waals surface area contributed by atoms with Crippen LogP contribution in [0.3, 0.4) is 0 Å². The van der Waals surface area contributed by atoms with Crippen LogP contribution in [0.4, 0.5) is 0 Å². The summed E-state index contributed by atoms with van der Waals surface area (Å²) in [6, 6.07) is 0. The third kappa shape index (κ3) is 34.2. The van der Waals surface area contributed by atoms with Crippen LogP contribution < -0.4 is 0 Å². The van der Waals surface area contributed by atoms with Crippen molar-refractivity contribution in [3.05, 3.63) is 0 Å². The van der Waals surface area contributed by atoms with E-state index in [1.165, 1.54) is 109 Å². The maximum atomic E-state index is 13.1. The molecule has 0 heterocycles. The van der Waals surface area contributed by atoms with Gasteiger partial charge >= 0.3 is 17.9 Å². The zero-order chi connectivity index (χ0) is 38.7. The van der Waals surface area contributed by atoms with Crippen LogP contribution in [-0.2, 0) is 28.6 Å². The standard InChI is InChI=1S/C45H86O7/c1-39(2)31-25-19-13-7-10-16-22-28-34-50-42(46)37-45(49,44(48)52-36-30-24-18-12-9-15-21-27-33-41(5)6)38-43(47)51-35-29-23-17-11-8-14-20-26-32-40(3)4/h39-41,49H,7-38H2,1-6H3. The van der Waals surface area contributed by atoms with Gasteiger partial charge in [-0.3, -0.25) is 9.59 Å². The number of carbonyl (C=O) groups excluding carboxylic acids is 3. The van der Waals surface area contributed by atoms with Crippen molar-refractivity contribution in [2.45, 2.75) is 233 Å². The number of rotatable bonds is 38. The fourth-order valence-corrected chi connectivity index (χ4v) is 6.60. The molecule has 7 heteroatoms. The smallest absolute Gasteiger partial charge is 0.339 e. The lowest BCUT2D eigenvalue weighted by Crippen LogP contribution is -2.45. The Bertz CT molecular complexity index is 794. The van der Waals surface area contributed by atoms with E-state index >= 15 is 0 Å². The van der Waals surface area contributed by atoms with Gasteiger partial charge in [-0.25, -0.2) is 4.79 Å². The fourth-order valence-electron chi connectivity index (χ4n) is 6.60. The lowest BCUT2D eigenvalue weighted by Gasteiger charge is -2.24. The van der Waals surface area contributed by atoms with E-state index in [0.29, 0.717) is 6.42 Å². The molecule has 0 atom stereocenters. The first-order chi connectivity index (χ1) is 25.0. The molecule has 52 heavy (non-hydrogen) atoms. The first-order valence-electron chi connectivity index (χ1n) is 22.2. The van der Waals surface area contributed by atoms with Crippen molar-refractivity contribution in [3.63, 3.8) is 0 Å². The Kier molecular flexibility index (Phi) is 34.0. The molecule has 7 nitrogen and oxygen atoms in total. The van der Waals surface area contributed by atoms with Crippen LogP contribution in [0, 0.1) is 17.8 Å². The molecule has 0 saturated heterocycles. The predicted molar refractivity (Wildman–Crippen MR) is 216 cm³/mol. The van der Waals surface area contributed by atoms with Gasteiger partial charge in [0, 0.05) is 0 Å². The van der Waals surface area contributed by atoms with Gasteiger partial charge in [0.05, 0.1) is 32.7 Å². The van der Waals surface area contributed by atoms with Gasteiger partial charge in [0.15, 0.2) is 5.60 Å². The van der Waals surface area contributed by atoms with Gasteiger partial charge in [-0.1, -0.05) is 196 Å². The summed E-state index contributed by atoms with van der Waals surface area (Å²) in [5.74, 6) is -0.0198. The Balaban J connectivity index is 4.54. The summed E-state index contributed by atoms with van der Waals surface area (Å²) in [6.45, 7) is 14.2. The molecule has 0 amide bonds. The number of hydrogen-bond acceptors (Lipinski definition) is 7. The largest absolute Gasteiger partial charge is 0.466 e. The molecule has 0 radical (unpaired) electrons. The molecular weight excluding hydrogens is 652 g/mol. The summed E-state index contributed by atoms with van der Waals surface area (Å²) >= 11 is 0. The predicted octanol–water partition coefficient (Wildman–Crippen LogP) is 12.6. The van der Waals surface area contributed by atoms with E-state index in [1.54, 1.807) is 0 Å². The Hall–Kier alpha value is -1.63. The third-order valence-corrected chi connectivity index (χ3v) is 10.0. The Morgan fingerprint density at radius 3 is 0.885 bits per heavy atom. The Labute approximate surface area is 321 Å². The number of aliphatic hydroxyl groups is 1. The number of carbonyl (C=O) groups is 3. The molecule has 0 aliphatic heterocycles. The maximum absolute atomic E-state index is 13.1. The van der Waals surface area contributed by atoms with Crippen molar-refractivity contribution < 1.29 is 33.7 Å². The Morgan fingerprint density at radius 1 is 0.385 bits per heavy atom. The van der Waals surface area contributed by atoms with Gasteiger partial charge in [0.25, 0.3) is 0 Å². The summed E-state index contributed by atoms with van der Waals surface area (Å²) in [5, 5.41) is 11.3. The van der Waals surface area contributed by atoms with Gasteiger partial charge in [0.2, 0.25) is 0 Å². The highest BCUT2D eigenvalue weighted by Gasteiger charge is 2.43. The molecule has 0 fully saturated rings. The second kappa shape index (κ2) is 35.1. The van der Waals surface area contributed by atoms with Crippen LogP contribution in [0.2, 0.25) is 0 Å². The molecule has 0 aliphatic carbocycles. The van der Waals surface area contributed by atoms with Crippen molar-refractivity contribution in [1.29, 1.82) is 0 Å². The molecule has 0 aromatic heterocycles. The highest BCUT2D eigenvalue weighted by atomic mass is 16.6. The van der Waals surface area contributed by atoms with Gasteiger partial charge < -0.3 is 19.3 Å². The zero-order valence-corrected chi connectivity index (χ0v) is 35.3. The maximum Gasteiger partial charge on any atom is 0.339 e. The van der Waals surface area contributed by atoms with Crippen molar-refractivity contribution in [3.8, 4) is 0 Å². The molecule has 308 valence electrons. The van der Waals surface area contributed by atoms with Crippen molar-refractivity contribution in [2.24, 2.45) is 17.8 Å². The topological polar surface area (TPSA) is 99.1 Å². The van der Waals surface area contributed by atoms with Gasteiger partial charge in [0.1, 0.15) is 0 Å². The Morgan fingerprint density at radius 2 is 0.615 bits per heavy atom. The molecule has 0 aromatic carbocycles. The van der Waals surface area contributed by atoms with Gasteiger partial charge in [-0.15, -0.1) is 0 Å². The van der Waals surface area contributed by atoms with Crippen molar-refractivity contribution in [2.75, 3.05) is 19.8 Å². The van der Waals surface area contributed by atoms with Crippen LogP contribution in [0.1, 0.15) is 228 Å². The van der Waals surface area contributed by atoms with Crippen molar-refractivity contribution >= 4 is 17.9 Å². The SMILES string of the molecule is CC(C)CCCCCCCCCCOC(=O)CC(O)(CC(=O)OCCCCCCCCCCC(C)C)C(=O)OCCCCCCCCCCC(C)C. The highest BCUT2D eigenvalue weighted by molar-refractivity contribution is 5.90. The van der Waals surface area contributed by atoms with Gasteiger partial charge in [-0.2, -0.15) is 0 Å². The van der Waals surface area contributed by atoms with E-state index in [2.05, 4.69) is 41.5 Å². The average Bonchev–Trinajstić information content (AvgIpc) is 3.07.